The van der Waals surface area contributed by atoms with Gasteiger partial charge >= 0.3 is 6.03 Å². The number of imidazole rings is 1. The van der Waals surface area contributed by atoms with E-state index < -0.39 is 0 Å². The van der Waals surface area contributed by atoms with Crippen LogP contribution in [0.2, 0.25) is 5.02 Å². The lowest BCUT2D eigenvalue weighted by Crippen LogP contribution is -2.20. The lowest BCUT2D eigenvalue weighted by atomic mass is 10.1. The molecule has 0 aliphatic heterocycles. The third-order valence-corrected chi connectivity index (χ3v) is 4.58. The first-order valence-corrected chi connectivity index (χ1v) is 8.86. The number of amides is 2. The zero-order chi connectivity index (χ0) is 18.8. The summed E-state index contributed by atoms with van der Waals surface area (Å²) in [5.74, 6) is 0. The second kappa shape index (κ2) is 7.13. The van der Waals surface area contributed by atoms with Crippen molar-refractivity contribution in [2.45, 2.75) is 6.92 Å². The predicted octanol–water partition coefficient (Wildman–Crippen LogP) is 5.61. The van der Waals surface area contributed by atoms with Gasteiger partial charge in [-0.15, -0.1) is 0 Å². The largest absolute Gasteiger partial charge is 0.323 e. The number of fused-ring (bicyclic) bond motifs is 1. The van der Waals surface area contributed by atoms with Crippen molar-refractivity contribution in [2.24, 2.45) is 0 Å². The summed E-state index contributed by atoms with van der Waals surface area (Å²) < 4.78 is 1.98. The minimum absolute atomic E-state index is 0.365. The fraction of sp³-hybridized carbons (Fsp3) is 0.0476. The van der Waals surface area contributed by atoms with E-state index >= 15 is 0 Å². The Morgan fingerprint density at radius 3 is 2.44 bits per heavy atom. The smallest absolute Gasteiger partial charge is 0.307 e. The number of aromatic nitrogens is 2. The van der Waals surface area contributed by atoms with E-state index in [1.807, 2.05) is 72.2 Å². The molecule has 0 atom stereocenters. The van der Waals surface area contributed by atoms with E-state index in [9.17, 15) is 4.79 Å². The molecule has 6 heteroatoms. The van der Waals surface area contributed by atoms with Gasteiger partial charge in [-0.05, 0) is 36.8 Å². The van der Waals surface area contributed by atoms with E-state index in [1.165, 1.54) is 0 Å². The van der Waals surface area contributed by atoms with Crippen LogP contribution < -0.4 is 10.6 Å². The fourth-order valence-electron chi connectivity index (χ4n) is 2.94. The van der Waals surface area contributed by atoms with Crippen LogP contribution in [-0.2, 0) is 0 Å². The van der Waals surface area contributed by atoms with Gasteiger partial charge in [-0.1, -0.05) is 48.0 Å². The lowest BCUT2D eigenvalue weighted by Gasteiger charge is -2.11. The monoisotopic (exact) mass is 376 g/mol. The van der Waals surface area contributed by atoms with Crippen molar-refractivity contribution < 1.29 is 4.79 Å². The number of rotatable bonds is 3. The maximum Gasteiger partial charge on any atom is 0.323 e. The molecule has 0 fully saturated rings. The van der Waals surface area contributed by atoms with Crippen LogP contribution in [0.3, 0.4) is 0 Å². The highest BCUT2D eigenvalue weighted by molar-refractivity contribution is 6.33. The fourth-order valence-corrected chi connectivity index (χ4v) is 3.12. The average molecular weight is 377 g/mol. The Kier molecular flexibility index (Phi) is 4.52. The van der Waals surface area contributed by atoms with Gasteiger partial charge in [-0.2, -0.15) is 0 Å². The van der Waals surface area contributed by atoms with Gasteiger partial charge < -0.3 is 15.0 Å². The van der Waals surface area contributed by atoms with Gasteiger partial charge in [-0.25, -0.2) is 9.78 Å². The van der Waals surface area contributed by atoms with Crippen LogP contribution in [-0.4, -0.2) is 15.4 Å². The molecule has 27 heavy (non-hydrogen) atoms. The van der Waals surface area contributed by atoms with Crippen LogP contribution in [0.5, 0.6) is 0 Å². The lowest BCUT2D eigenvalue weighted by molar-refractivity contribution is 0.262. The molecule has 2 N–H and O–H groups in total. The number of hydrogen-bond acceptors (Lipinski definition) is 2. The van der Waals surface area contributed by atoms with Gasteiger partial charge in [0, 0.05) is 18.0 Å². The molecule has 0 saturated heterocycles. The van der Waals surface area contributed by atoms with E-state index in [0.717, 1.165) is 22.5 Å². The summed E-state index contributed by atoms with van der Waals surface area (Å²) in [5.41, 5.74) is 4.84. The van der Waals surface area contributed by atoms with E-state index in [1.54, 1.807) is 12.1 Å². The number of carbonyl (C=O) groups excluding carboxylic acids is 1. The quantitative estimate of drug-likeness (QED) is 0.488. The second-order valence-electron chi connectivity index (χ2n) is 6.15. The van der Waals surface area contributed by atoms with Crippen molar-refractivity contribution in [1.29, 1.82) is 0 Å². The number of pyridine rings is 1. The first-order valence-electron chi connectivity index (χ1n) is 8.48. The van der Waals surface area contributed by atoms with Gasteiger partial charge in [-0.3, -0.25) is 0 Å². The number of nitrogens with one attached hydrogen (secondary N) is 2. The predicted molar refractivity (Wildman–Crippen MR) is 109 cm³/mol. The van der Waals surface area contributed by atoms with Gasteiger partial charge in [0.1, 0.15) is 5.65 Å². The maximum atomic E-state index is 12.4. The van der Waals surface area contributed by atoms with Crippen molar-refractivity contribution in [3.05, 3.63) is 83.6 Å². The molecule has 2 aromatic carbocycles. The summed E-state index contributed by atoms with van der Waals surface area (Å²) in [6.45, 7) is 2.02. The minimum atomic E-state index is -0.365. The molecular weight excluding hydrogens is 360 g/mol. The van der Waals surface area contributed by atoms with Gasteiger partial charge in [0.2, 0.25) is 0 Å². The standard InChI is InChI=1S/C21H17ClN4O/c1-14-7-6-12-26-13-19(23-20(14)26)15-8-2-4-10-17(15)24-21(27)25-18-11-5-3-9-16(18)22/h2-13H,1H3,(H2,24,25,27). The average Bonchev–Trinajstić information content (AvgIpc) is 3.10. The molecule has 2 aromatic heterocycles. The van der Waals surface area contributed by atoms with Crippen molar-refractivity contribution in [1.82, 2.24) is 9.38 Å². The Balaban J connectivity index is 1.64. The number of para-hydroxylation sites is 2. The molecule has 4 aromatic rings. The minimum Gasteiger partial charge on any atom is -0.307 e. The van der Waals surface area contributed by atoms with E-state index in [0.29, 0.717) is 16.4 Å². The Bertz CT molecular complexity index is 1140. The normalized spacial score (nSPS) is 10.7. The van der Waals surface area contributed by atoms with Crippen LogP contribution in [0.1, 0.15) is 5.56 Å². The first-order chi connectivity index (χ1) is 13.1. The molecule has 134 valence electrons. The maximum absolute atomic E-state index is 12.4. The van der Waals surface area contributed by atoms with Gasteiger partial charge in [0.05, 0.1) is 22.1 Å². The van der Waals surface area contributed by atoms with Crippen molar-refractivity contribution in [2.75, 3.05) is 10.6 Å². The van der Waals surface area contributed by atoms with E-state index in [2.05, 4.69) is 10.6 Å². The molecular formula is C21H17ClN4O. The number of aryl methyl sites for hydroxylation is 1. The van der Waals surface area contributed by atoms with Crippen LogP contribution in [0, 0.1) is 6.92 Å². The molecule has 0 aliphatic rings. The molecule has 0 radical (unpaired) electrons. The Morgan fingerprint density at radius 1 is 0.963 bits per heavy atom. The Labute approximate surface area is 161 Å². The number of anilines is 2. The number of urea groups is 1. The van der Waals surface area contributed by atoms with Gasteiger partial charge in [0.25, 0.3) is 0 Å². The molecule has 0 aliphatic carbocycles. The number of benzene rings is 2. The van der Waals surface area contributed by atoms with Gasteiger partial charge in [0.15, 0.2) is 0 Å². The zero-order valence-corrected chi connectivity index (χ0v) is 15.4. The SMILES string of the molecule is Cc1cccn2cc(-c3ccccc3NC(=O)Nc3ccccc3Cl)nc12. The highest BCUT2D eigenvalue weighted by Crippen LogP contribution is 2.28. The summed E-state index contributed by atoms with van der Waals surface area (Å²) in [5, 5.41) is 6.13. The van der Waals surface area contributed by atoms with Crippen LogP contribution in [0.4, 0.5) is 16.2 Å². The third kappa shape index (κ3) is 3.50. The molecule has 2 amide bonds. The summed E-state index contributed by atoms with van der Waals surface area (Å²) in [4.78, 5) is 17.2. The summed E-state index contributed by atoms with van der Waals surface area (Å²) in [7, 11) is 0. The third-order valence-electron chi connectivity index (χ3n) is 4.25. The molecule has 4 rings (SSSR count). The van der Waals surface area contributed by atoms with Crippen LogP contribution >= 0.6 is 11.6 Å². The molecule has 5 nitrogen and oxygen atoms in total. The second-order valence-corrected chi connectivity index (χ2v) is 6.56. The van der Waals surface area contributed by atoms with E-state index in [-0.39, 0.29) is 6.03 Å². The summed E-state index contributed by atoms with van der Waals surface area (Å²) in [6.07, 6.45) is 3.91. The molecule has 0 unspecified atom stereocenters. The topological polar surface area (TPSA) is 58.4 Å². The first kappa shape index (κ1) is 17.1. The molecule has 0 bridgehead atoms. The van der Waals surface area contributed by atoms with Crippen molar-refractivity contribution in [3.63, 3.8) is 0 Å². The number of hydrogen-bond donors (Lipinski definition) is 2. The molecule has 0 spiro atoms. The van der Waals surface area contributed by atoms with Crippen LogP contribution in [0.25, 0.3) is 16.9 Å². The van der Waals surface area contributed by atoms with Crippen molar-refractivity contribution >= 4 is 34.7 Å². The Morgan fingerprint density at radius 2 is 1.67 bits per heavy atom. The number of nitrogens with zero attached hydrogens (tertiary/aromatic N) is 2. The highest BCUT2D eigenvalue weighted by Gasteiger charge is 2.12. The van der Waals surface area contributed by atoms with Crippen molar-refractivity contribution in [3.8, 4) is 11.3 Å². The summed E-state index contributed by atoms with van der Waals surface area (Å²) in [6, 6.07) is 18.3. The van der Waals surface area contributed by atoms with Crippen LogP contribution in [0.15, 0.2) is 73.1 Å². The highest BCUT2D eigenvalue weighted by atomic mass is 35.5. The number of halogens is 1. The summed E-state index contributed by atoms with van der Waals surface area (Å²) >= 11 is 6.10. The molecule has 2 heterocycles. The Hall–Kier alpha value is -3.31. The van der Waals surface area contributed by atoms with E-state index in [4.69, 9.17) is 16.6 Å². The zero-order valence-electron chi connectivity index (χ0n) is 14.6. The number of carbonyl (C=O) groups is 1. The molecule has 0 saturated carbocycles.